The standard InChI is InChI=1S/C38H41FN2O10S/c1-3-50-38(45)33(43)21-32(42)27-7-4-6-24(18-27)22-49-17-16-48-15-5-14-41-52(46,47)23-28-19-34-31(20-30(28)25-8-9-25)35(37(44)40-2)36(51-34)26-10-12-29(39)13-11-26/h4,6-7,10-13,18-21,25,41,43H,3,5,8-9,14-17,22-23H2,1-2H3,(H,40,44)/b33-21-. The van der Waals surface area contributed by atoms with Gasteiger partial charge in [-0.15, -0.1) is 0 Å². The maximum atomic E-state index is 13.6. The molecule has 0 bridgehead atoms. The number of fused-ring (bicyclic) bond motifs is 1. The molecule has 52 heavy (non-hydrogen) atoms. The number of furan rings is 1. The molecule has 1 amide bonds. The number of nitrogens with one attached hydrogen (secondary N) is 2. The minimum atomic E-state index is -3.73. The van der Waals surface area contributed by atoms with E-state index in [1.165, 1.54) is 31.3 Å². The van der Waals surface area contributed by atoms with Crippen molar-refractivity contribution in [2.75, 3.05) is 40.0 Å². The summed E-state index contributed by atoms with van der Waals surface area (Å²) in [5, 5.41) is 12.9. The second-order valence-corrected chi connectivity index (χ2v) is 14.0. The molecule has 0 radical (unpaired) electrons. The van der Waals surface area contributed by atoms with Crippen LogP contribution in [0.1, 0.15) is 69.5 Å². The number of sulfonamides is 1. The molecule has 0 spiro atoms. The third-order valence-electron chi connectivity index (χ3n) is 8.27. The van der Waals surface area contributed by atoms with Gasteiger partial charge in [0.05, 0.1) is 37.7 Å². The molecule has 1 aromatic heterocycles. The number of carbonyl (C=O) groups is 3. The summed E-state index contributed by atoms with van der Waals surface area (Å²) in [6.07, 6.45) is 3.07. The number of ether oxygens (including phenoxy) is 3. The van der Waals surface area contributed by atoms with Crippen molar-refractivity contribution in [3.63, 3.8) is 0 Å². The monoisotopic (exact) mass is 736 g/mol. The number of allylic oxidation sites excluding steroid dienone is 1. The minimum absolute atomic E-state index is 0.0704. The Balaban J connectivity index is 1.09. The maximum absolute atomic E-state index is 13.6. The van der Waals surface area contributed by atoms with Gasteiger partial charge >= 0.3 is 5.97 Å². The number of ketones is 1. The summed E-state index contributed by atoms with van der Waals surface area (Å²) in [5.41, 5.74) is 3.65. The summed E-state index contributed by atoms with van der Waals surface area (Å²) in [6, 6.07) is 15.8. The Bertz CT molecular complexity index is 2050. The average Bonchev–Trinajstić information content (AvgIpc) is 3.90. The predicted molar refractivity (Wildman–Crippen MR) is 191 cm³/mol. The highest BCUT2D eigenvalue weighted by Crippen LogP contribution is 2.45. The number of esters is 1. The number of halogens is 1. The smallest absolute Gasteiger partial charge is 0.373 e. The normalized spacial score (nSPS) is 13.3. The number of benzene rings is 3. The van der Waals surface area contributed by atoms with E-state index in [9.17, 15) is 32.3 Å². The highest BCUT2D eigenvalue weighted by molar-refractivity contribution is 7.88. The molecule has 0 unspecified atom stereocenters. The average molecular weight is 737 g/mol. The van der Waals surface area contributed by atoms with Gasteiger partial charge in [-0.1, -0.05) is 18.2 Å². The van der Waals surface area contributed by atoms with Crippen LogP contribution < -0.4 is 10.0 Å². The fraction of sp³-hybridized carbons (Fsp3) is 0.342. The molecule has 12 nitrogen and oxygen atoms in total. The summed E-state index contributed by atoms with van der Waals surface area (Å²) in [5.74, 6) is -2.88. The molecule has 0 aliphatic heterocycles. The van der Waals surface area contributed by atoms with Gasteiger partial charge in [-0.2, -0.15) is 0 Å². The lowest BCUT2D eigenvalue weighted by atomic mass is 9.98. The molecule has 0 atom stereocenters. The topological polar surface area (TPSA) is 170 Å². The summed E-state index contributed by atoms with van der Waals surface area (Å²) >= 11 is 0. The third kappa shape index (κ3) is 10.1. The van der Waals surface area contributed by atoms with Crippen LogP contribution in [0.4, 0.5) is 4.39 Å². The van der Waals surface area contributed by atoms with Gasteiger partial charge in [0.2, 0.25) is 15.8 Å². The molecular weight excluding hydrogens is 695 g/mol. The third-order valence-corrected chi connectivity index (χ3v) is 9.60. The highest BCUT2D eigenvalue weighted by Gasteiger charge is 2.31. The number of hydrogen-bond donors (Lipinski definition) is 3. The first kappa shape index (κ1) is 38.3. The van der Waals surface area contributed by atoms with E-state index in [1.807, 2.05) is 6.07 Å². The quantitative estimate of drug-likeness (QED) is 0.0357. The first-order valence-corrected chi connectivity index (χ1v) is 18.6. The molecule has 3 N–H and O–H groups in total. The summed E-state index contributed by atoms with van der Waals surface area (Å²) < 4.78 is 64.5. The van der Waals surface area contributed by atoms with Crippen LogP contribution in [0, 0.1) is 5.82 Å². The Labute approximate surface area is 301 Å². The van der Waals surface area contributed by atoms with Gasteiger partial charge in [0.1, 0.15) is 17.2 Å². The molecular formula is C38H41FN2O10S. The van der Waals surface area contributed by atoms with Crippen molar-refractivity contribution in [3.05, 3.63) is 106 Å². The van der Waals surface area contributed by atoms with Gasteiger partial charge in [-0.05, 0) is 91.3 Å². The van der Waals surface area contributed by atoms with E-state index in [4.69, 9.17) is 13.9 Å². The lowest BCUT2D eigenvalue weighted by Crippen LogP contribution is -2.27. The fourth-order valence-corrected chi connectivity index (χ4v) is 6.83. The summed E-state index contributed by atoms with van der Waals surface area (Å²) in [4.78, 5) is 36.9. The number of aliphatic hydroxyl groups is 1. The maximum Gasteiger partial charge on any atom is 0.373 e. The number of aliphatic hydroxyl groups excluding tert-OH is 1. The van der Waals surface area contributed by atoms with Gasteiger partial charge < -0.3 is 29.1 Å². The molecule has 1 aliphatic rings. The van der Waals surface area contributed by atoms with Crippen molar-refractivity contribution in [2.24, 2.45) is 0 Å². The van der Waals surface area contributed by atoms with Crippen LogP contribution in [0.3, 0.4) is 0 Å². The molecule has 1 fully saturated rings. The van der Waals surface area contributed by atoms with Crippen LogP contribution >= 0.6 is 0 Å². The van der Waals surface area contributed by atoms with Crippen LogP contribution in [0.25, 0.3) is 22.3 Å². The Morgan fingerprint density at radius 3 is 2.48 bits per heavy atom. The zero-order chi connectivity index (χ0) is 37.3. The van der Waals surface area contributed by atoms with Crippen LogP contribution in [0.2, 0.25) is 0 Å². The molecule has 0 saturated heterocycles. The van der Waals surface area contributed by atoms with E-state index in [1.54, 1.807) is 37.3 Å². The summed E-state index contributed by atoms with van der Waals surface area (Å²) in [7, 11) is -2.21. The van der Waals surface area contributed by atoms with Crippen molar-refractivity contribution >= 4 is 38.7 Å². The fourth-order valence-electron chi connectivity index (χ4n) is 5.61. The van der Waals surface area contributed by atoms with Gasteiger partial charge in [0.25, 0.3) is 5.91 Å². The van der Waals surface area contributed by atoms with Crippen LogP contribution in [-0.2, 0) is 41.4 Å². The number of carbonyl (C=O) groups excluding carboxylic acids is 3. The Hall–Kier alpha value is -4.89. The Kier molecular flexibility index (Phi) is 12.9. The molecule has 14 heteroatoms. The Morgan fingerprint density at radius 2 is 1.77 bits per heavy atom. The lowest BCUT2D eigenvalue weighted by molar-refractivity contribution is -0.141. The second kappa shape index (κ2) is 17.6. The molecule has 276 valence electrons. The molecule has 1 heterocycles. The number of amides is 1. The zero-order valence-electron chi connectivity index (χ0n) is 28.9. The van der Waals surface area contributed by atoms with E-state index in [0.717, 1.165) is 24.5 Å². The number of hydrogen-bond acceptors (Lipinski definition) is 10. The zero-order valence-corrected chi connectivity index (χ0v) is 29.7. The molecule has 4 aromatic rings. The first-order chi connectivity index (χ1) is 25.0. The van der Waals surface area contributed by atoms with Crippen molar-refractivity contribution < 1.29 is 50.9 Å². The largest absolute Gasteiger partial charge is 0.502 e. The van der Waals surface area contributed by atoms with Crippen molar-refractivity contribution in [1.82, 2.24) is 10.0 Å². The highest BCUT2D eigenvalue weighted by atomic mass is 32.2. The second-order valence-electron chi connectivity index (χ2n) is 12.2. The first-order valence-electron chi connectivity index (χ1n) is 16.9. The molecule has 1 saturated carbocycles. The van der Waals surface area contributed by atoms with E-state index in [-0.39, 0.29) is 61.9 Å². The minimum Gasteiger partial charge on any atom is -0.502 e. The summed E-state index contributed by atoms with van der Waals surface area (Å²) in [6.45, 7) is 2.86. The number of rotatable bonds is 19. The van der Waals surface area contributed by atoms with Crippen LogP contribution in [0.15, 0.2) is 76.9 Å². The van der Waals surface area contributed by atoms with E-state index >= 15 is 0 Å². The van der Waals surface area contributed by atoms with Gasteiger partial charge in [0.15, 0.2) is 5.78 Å². The molecule has 3 aromatic carbocycles. The molecule has 5 rings (SSSR count). The van der Waals surface area contributed by atoms with Crippen LogP contribution in [-0.4, -0.2) is 71.2 Å². The van der Waals surface area contributed by atoms with Crippen molar-refractivity contribution in [3.8, 4) is 11.3 Å². The van der Waals surface area contributed by atoms with Gasteiger partial charge in [0, 0.05) is 42.8 Å². The van der Waals surface area contributed by atoms with Gasteiger partial charge in [-0.3, -0.25) is 9.59 Å². The lowest BCUT2D eigenvalue weighted by Gasteiger charge is -2.12. The molecule has 1 aliphatic carbocycles. The van der Waals surface area contributed by atoms with E-state index < -0.39 is 33.4 Å². The van der Waals surface area contributed by atoms with E-state index in [2.05, 4.69) is 14.8 Å². The van der Waals surface area contributed by atoms with E-state index in [0.29, 0.717) is 46.3 Å². The SMILES string of the molecule is CCOC(=O)/C(O)=C/C(=O)c1cccc(COCCOCCCNS(=O)(=O)Cc2cc3oc(-c4ccc(F)cc4)c(C(=O)NC)c3cc2C2CC2)c1. The van der Waals surface area contributed by atoms with Crippen molar-refractivity contribution in [1.29, 1.82) is 0 Å². The Morgan fingerprint density at radius 1 is 1.02 bits per heavy atom. The predicted octanol–water partition coefficient (Wildman–Crippen LogP) is 5.71. The van der Waals surface area contributed by atoms with Gasteiger partial charge in [-0.25, -0.2) is 22.3 Å². The van der Waals surface area contributed by atoms with Crippen LogP contribution in [0.5, 0.6) is 0 Å². The van der Waals surface area contributed by atoms with Crippen molar-refractivity contribution in [2.45, 2.75) is 44.5 Å².